The number of nitrogens with one attached hydrogen (secondary N) is 1. The van der Waals surface area contributed by atoms with E-state index in [-0.39, 0.29) is 0 Å². The van der Waals surface area contributed by atoms with Crippen molar-refractivity contribution in [2.75, 3.05) is 36.4 Å². The third-order valence-corrected chi connectivity index (χ3v) is 6.95. The van der Waals surface area contributed by atoms with Crippen molar-refractivity contribution < 1.29 is 0 Å². The largest absolute Gasteiger partial charge is 0.356 e. The normalized spacial score (nSPS) is 26.3. The molecule has 1 aromatic heterocycles. The Kier molecular flexibility index (Phi) is 7.42. The SMILES string of the molecule is c1cc(N2CCCCCC2)nc(NC2CCCN(C3CCCCCCC3)C2)n1. The zero-order chi connectivity index (χ0) is 19.0. The predicted octanol–water partition coefficient (Wildman–Crippen LogP) is 4.85. The minimum atomic E-state index is 0.485. The highest BCUT2D eigenvalue weighted by Crippen LogP contribution is 2.25. The number of nitrogens with zero attached hydrogens (tertiary/aromatic N) is 4. The first-order chi connectivity index (χ1) is 13.9. The average Bonchev–Trinajstić information content (AvgIpc) is 2.98. The molecule has 2 saturated heterocycles. The van der Waals surface area contributed by atoms with Crippen molar-refractivity contribution in [3.05, 3.63) is 12.3 Å². The van der Waals surface area contributed by atoms with Gasteiger partial charge < -0.3 is 10.2 Å². The van der Waals surface area contributed by atoms with E-state index in [1.807, 2.05) is 6.20 Å². The fourth-order valence-corrected chi connectivity index (χ4v) is 5.33. The first kappa shape index (κ1) is 19.9. The molecule has 1 atom stereocenters. The Morgan fingerprint density at radius 2 is 1.50 bits per heavy atom. The maximum atomic E-state index is 4.88. The van der Waals surface area contributed by atoms with Crippen LogP contribution in [0.25, 0.3) is 0 Å². The summed E-state index contributed by atoms with van der Waals surface area (Å²) in [5.41, 5.74) is 0. The Balaban J connectivity index is 1.35. The molecule has 4 rings (SSSR count). The van der Waals surface area contributed by atoms with Gasteiger partial charge in [0.25, 0.3) is 0 Å². The second kappa shape index (κ2) is 10.4. The molecule has 0 aromatic carbocycles. The zero-order valence-electron chi connectivity index (χ0n) is 17.6. The van der Waals surface area contributed by atoms with Gasteiger partial charge in [0.1, 0.15) is 5.82 Å². The van der Waals surface area contributed by atoms with Crippen molar-refractivity contribution in [1.29, 1.82) is 0 Å². The molecular formula is C23H39N5. The van der Waals surface area contributed by atoms with Crippen molar-refractivity contribution in [2.45, 2.75) is 95.6 Å². The van der Waals surface area contributed by atoms with Gasteiger partial charge in [0.2, 0.25) is 5.95 Å². The summed E-state index contributed by atoms with van der Waals surface area (Å²) in [6.45, 7) is 4.70. The summed E-state index contributed by atoms with van der Waals surface area (Å²) in [6, 6.07) is 3.37. The third-order valence-electron chi connectivity index (χ3n) is 6.95. The lowest BCUT2D eigenvalue weighted by atomic mass is 9.93. The fraction of sp³-hybridized carbons (Fsp3) is 0.826. The molecule has 1 aliphatic carbocycles. The van der Waals surface area contributed by atoms with Gasteiger partial charge in [-0.3, -0.25) is 4.90 Å². The van der Waals surface area contributed by atoms with Crippen LogP contribution < -0.4 is 10.2 Å². The predicted molar refractivity (Wildman–Crippen MR) is 117 cm³/mol. The van der Waals surface area contributed by atoms with Crippen LogP contribution >= 0.6 is 0 Å². The smallest absolute Gasteiger partial charge is 0.224 e. The molecule has 0 spiro atoms. The van der Waals surface area contributed by atoms with E-state index in [9.17, 15) is 0 Å². The standard InChI is InChI=1S/C23H39N5/c1-2-6-12-21(13-7-3-1)28-18-10-11-20(19-28)25-23-24-15-14-22(26-23)27-16-8-4-5-9-17-27/h14-15,20-21H,1-13,16-19H2,(H,24,25,26). The molecular weight excluding hydrogens is 346 g/mol. The molecule has 28 heavy (non-hydrogen) atoms. The molecule has 2 aliphatic heterocycles. The summed E-state index contributed by atoms with van der Waals surface area (Å²) in [6.07, 6.45) is 19.7. The van der Waals surface area contributed by atoms with Gasteiger partial charge in [-0.15, -0.1) is 0 Å². The van der Waals surface area contributed by atoms with Crippen LogP contribution in [0, 0.1) is 0 Å². The van der Waals surface area contributed by atoms with Gasteiger partial charge in [-0.1, -0.05) is 44.9 Å². The number of piperidine rings is 1. The Morgan fingerprint density at radius 3 is 2.29 bits per heavy atom. The molecule has 0 amide bonds. The number of rotatable bonds is 4. The van der Waals surface area contributed by atoms with Crippen LogP contribution in [0.5, 0.6) is 0 Å². The van der Waals surface area contributed by atoms with Gasteiger partial charge in [0, 0.05) is 37.9 Å². The highest BCUT2D eigenvalue weighted by atomic mass is 15.2. The maximum absolute atomic E-state index is 4.88. The monoisotopic (exact) mass is 385 g/mol. The summed E-state index contributed by atoms with van der Waals surface area (Å²) in [7, 11) is 0. The second-order valence-electron chi connectivity index (χ2n) is 9.12. The van der Waals surface area contributed by atoms with E-state index in [0.717, 1.165) is 37.4 Å². The highest BCUT2D eigenvalue weighted by Gasteiger charge is 2.26. The van der Waals surface area contributed by atoms with E-state index in [1.54, 1.807) is 0 Å². The number of hydrogen-bond donors (Lipinski definition) is 1. The van der Waals surface area contributed by atoms with Crippen LogP contribution in [0.3, 0.4) is 0 Å². The third kappa shape index (κ3) is 5.59. The Hall–Kier alpha value is -1.36. The van der Waals surface area contributed by atoms with Gasteiger partial charge in [-0.05, 0) is 51.1 Å². The van der Waals surface area contributed by atoms with Crippen molar-refractivity contribution in [1.82, 2.24) is 14.9 Å². The molecule has 3 heterocycles. The molecule has 1 saturated carbocycles. The average molecular weight is 386 g/mol. The fourth-order valence-electron chi connectivity index (χ4n) is 5.33. The van der Waals surface area contributed by atoms with Crippen molar-refractivity contribution in [2.24, 2.45) is 0 Å². The lowest BCUT2D eigenvalue weighted by Gasteiger charge is -2.39. The van der Waals surface area contributed by atoms with E-state index in [0.29, 0.717) is 6.04 Å². The molecule has 1 unspecified atom stereocenters. The van der Waals surface area contributed by atoms with Crippen LogP contribution in [-0.4, -0.2) is 53.1 Å². The molecule has 3 aliphatic rings. The second-order valence-corrected chi connectivity index (χ2v) is 9.12. The Bertz CT molecular complexity index is 576. The number of aromatic nitrogens is 2. The first-order valence-corrected chi connectivity index (χ1v) is 12.0. The van der Waals surface area contributed by atoms with Crippen molar-refractivity contribution in [3.8, 4) is 0 Å². The molecule has 3 fully saturated rings. The summed E-state index contributed by atoms with van der Waals surface area (Å²) >= 11 is 0. The number of anilines is 2. The summed E-state index contributed by atoms with van der Waals surface area (Å²) in [4.78, 5) is 14.6. The highest BCUT2D eigenvalue weighted by molar-refractivity contribution is 5.43. The number of likely N-dealkylation sites (tertiary alicyclic amines) is 1. The van der Waals surface area contributed by atoms with E-state index in [4.69, 9.17) is 4.98 Å². The van der Waals surface area contributed by atoms with Gasteiger partial charge >= 0.3 is 0 Å². The first-order valence-electron chi connectivity index (χ1n) is 12.0. The van der Waals surface area contributed by atoms with Crippen LogP contribution in [0.15, 0.2) is 12.3 Å². The lowest BCUT2D eigenvalue weighted by molar-refractivity contribution is 0.131. The lowest BCUT2D eigenvalue weighted by Crippen LogP contribution is -2.47. The summed E-state index contributed by atoms with van der Waals surface area (Å²) in [5, 5.41) is 3.68. The molecule has 5 nitrogen and oxygen atoms in total. The van der Waals surface area contributed by atoms with Crippen LogP contribution in [0.4, 0.5) is 11.8 Å². The molecule has 1 aromatic rings. The van der Waals surface area contributed by atoms with Crippen molar-refractivity contribution in [3.63, 3.8) is 0 Å². The van der Waals surface area contributed by atoms with Crippen LogP contribution in [-0.2, 0) is 0 Å². The minimum Gasteiger partial charge on any atom is -0.356 e. The summed E-state index contributed by atoms with van der Waals surface area (Å²) < 4.78 is 0. The Labute approximate surface area is 171 Å². The van der Waals surface area contributed by atoms with Crippen LogP contribution in [0.2, 0.25) is 0 Å². The van der Waals surface area contributed by atoms with Gasteiger partial charge in [0.15, 0.2) is 0 Å². The van der Waals surface area contributed by atoms with E-state index < -0.39 is 0 Å². The minimum absolute atomic E-state index is 0.485. The van der Waals surface area contributed by atoms with E-state index >= 15 is 0 Å². The Morgan fingerprint density at radius 1 is 0.786 bits per heavy atom. The van der Waals surface area contributed by atoms with Gasteiger partial charge in [0.05, 0.1) is 0 Å². The molecule has 0 radical (unpaired) electrons. The van der Waals surface area contributed by atoms with E-state index in [2.05, 4.69) is 26.2 Å². The summed E-state index contributed by atoms with van der Waals surface area (Å²) in [5.74, 6) is 1.93. The number of hydrogen-bond acceptors (Lipinski definition) is 5. The van der Waals surface area contributed by atoms with Gasteiger partial charge in [-0.25, -0.2) is 4.98 Å². The zero-order valence-corrected chi connectivity index (χ0v) is 17.6. The topological polar surface area (TPSA) is 44.3 Å². The molecule has 1 N–H and O–H groups in total. The quantitative estimate of drug-likeness (QED) is 0.803. The maximum Gasteiger partial charge on any atom is 0.224 e. The van der Waals surface area contributed by atoms with E-state index in [1.165, 1.54) is 90.0 Å². The molecule has 0 bridgehead atoms. The molecule has 156 valence electrons. The van der Waals surface area contributed by atoms with Crippen molar-refractivity contribution >= 4 is 11.8 Å². The van der Waals surface area contributed by atoms with Crippen LogP contribution in [0.1, 0.15) is 83.5 Å². The van der Waals surface area contributed by atoms with Gasteiger partial charge in [-0.2, -0.15) is 4.98 Å². The molecule has 5 heteroatoms.